The van der Waals surface area contributed by atoms with Crippen molar-refractivity contribution in [3.63, 3.8) is 0 Å². The predicted octanol–water partition coefficient (Wildman–Crippen LogP) is 3.87. The molecule has 0 spiro atoms. The standard InChI is InChI=1S/C19H23N3O/c1-13-14(2)22-18-12-16(8-9-17(18)21-13)19(23)20-11-10-15-6-4-3-5-7-15/h6,8-9,12H,3-5,7,10-11H2,1-2H3,(H,20,23). The average molecular weight is 309 g/mol. The highest BCUT2D eigenvalue weighted by Crippen LogP contribution is 2.19. The number of benzene rings is 1. The van der Waals surface area contributed by atoms with Crippen LogP contribution in [0.4, 0.5) is 0 Å². The molecular weight excluding hydrogens is 286 g/mol. The van der Waals surface area contributed by atoms with Crippen molar-refractivity contribution in [3.05, 3.63) is 46.8 Å². The number of nitrogens with zero attached hydrogens (tertiary/aromatic N) is 2. The predicted molar refractivity (Wildman–Crippen MR) is 92.5 cm³/mol. The molecule has 0 radical (unpaired) electrons. The Morgan fingerprint density at radius 3 is 2.65 bits per heavy atom. The minimum absolute atomic E-state index is 0.0386. The summed E-state index contributed by atoms with van der Waals surface area (Å²) in [6, 6.07) is 5.51. The molecule has 23 heavy (non-hydrogen) atoms. The van der Waals surface area contributed by atoms with Crippen molar-refractivity contribution < 1.29 is 4.79 Å². The van der Waals surface area contributed by atoms with E-state index < -0.39 is 0 Å². The Balaban J connectivity index is 1.66. The third-order valence-electron chi connectivity index (χ3n) is 4.45. The molecule has 0 aliphatic heterocycles. The maximum absolute atomic E-state index is 12.3. The molecule has 1 aromatic heterocycles. The van der Waals surface area contributed by atoms with Crippen LogP contribution in [0.5, 0.6) is 0 Å². The van der Waals surface area contributed by atoms with E-state index in [9.17, 15) is 4.79 Å². The largest absolute Gasteiger partial charge is 0.352 e. The molecule has 0 unspecified atom stereocenters. The maximum atomic E-state index is 12.3. The van der Waals surface area contributed by atoms with Crippen LogP contribution < -0.4 is 5.32 Å². The van der Waals surface area contributed by atoms with Gasteiger partial charge >= 0.3 is 0 Å². The molecule has 0 atom stereocenters. The highest BCUT2D eigenvalue weighted by Gasteiger charge is 2.09. The number of rotatable bonds is 4. The van der Waals surface area contributed by atoms with Crippen molar-refractivity contribution in [2.75, 3.05) is 6.54 Å². The van der Waals surface area contributed by atoms with Gasteiger partial charge in [-0.05, 0) is 64.2 Å². The summed E-state index contributed by atoms with van der Waals surface area (Å²) in [5.41, 5.74) is 5.56. The molecule has 120 valence electrons. The topological polar surface area (TPSA) is 54.9 Å². The molecule has 1 aromatic carbocycles. The molecule has 1 N–H and O–H groups in total. The lowest BCUT2D eigenvalue weighted by Crippen LogP contribution is -2.24. The minimum atomic E-state index is -0.0386. The van der Waals surface area contributed by atoms with Crippen LogP contribution >= 0.6 is 0 Å². The van der Waals surface area contributed by atoms with E-state index in [-0.39, 0.29) is 5.91 Å². The number of fused-ring (bicyclic) bond motifs is 1. The van der Waals surface area contributed by atoms with Gasteiger partial charge in [-0.25, -0.2) is 9.97 Å². The monoisotopic (exact) mass is 309 g/mol. The van der Waals surface area contributed by atoms with Crippen molar-refractivity contribution in [1.82, 2.24) is 15.3 Å². The second-order valence-corrected chi connectivity index (χ2v) is 6.21. The average Bonchev–Trinajstić information content (AvgIpc) is 2.56. The van der Waals surface area contributed by atoms with Gasteiger partial charge in [-0.1, -0.05) is 11.6 Å². The van der Waals surface area contributed by atoms with Gasteiger partial charge in [0.05, 0.1) is 22.4 Å². The van der Waals surface area contributed by atoms with Gasteiger partial charge in [0.25, 0.3) is 5.91 Å². The Kier molecular flexibility index (Phi) is 4.70. The number of amides is 1. The van der Waals surface area contributed by atoms with Crippen LogP contribution in [0.2, 0.25) is 0 Å². The fraction of sp³-hybridized carbons (Fsp3) is 0.421. The number of carbonyl (C=O) groups excluding carboxylic acids is 1. The number of carbonyl (C=O) groups is 1. The van der Waals surface area contributed by atoms with Gasteiger partial charge in [0.2, 0.25) is 0 Å². The van der Waals surface area contributed by atoms with E-state index in [0.717, 1.165) is 28.8 Å². The molecule has 4 nitrogen and oxygen atoms in total. The van der Waals surface area contributed by atoms with E-state index in [0.29, 0.717) is 12.1 Å². The SMILES string of the molecule is Cc1nc2ccc(C(=O)NCCC3=CCCCC3)cc2nc1C. The van der Waals surface area contributed by atoms with Crippen LogP contribution in [0, 0.1) is 13.8 Å². The first-order chi connectivity index (χ1) is 11.1. The molecule has 3 rings (SSSR count). The third kappa shape index (κ3) is 3.76. The van der Waals surface area contributed by atoms with E-state index in [1.807, 2.05) is 32.0 Å². The molecule has 1 heterocycles. The van der Waals surface area contributed by atoms with Gasteiger partial charge in [-0.2, -0.15) is 0 Å². The smallest absolute Gasteiger partial charge is 0.251 e. The van der Waals surface area contributed by atoms with E-state index in [1.165, 1.54) is 31.3 Å². The van der Waals surface area contributed by atoms with E-state index in [1.54, 1.807) is 0 Å². The van der Waals surface area contributed by atoms with Crippen LogP contribution in [-0.2, 0) is 0 Å². The Morgan fingerprint density at radius 2 is 1.91 bits per heavy atom. The first kappa shape index (κ1) is 15.7. The normalized spacial score (nSPS) is 14.6. The van der Waals surface area contributed by atoms with Crippen molar-refractivity contribution in [2.24, 2.45) is 0 Å². The van der Waals surface area contributed by atoms with Crippen molar-refractivity contribution in [2.45, 2.75) is 46.0 Å². The molecular formula is C19H23N3O. The third-order valence-corrected chi connectivity index (χ3v) is 4.45. The number of nitrogens with one attached hydrogen (secondary N) is 1. The zero-order valence-corrected chi connectivity index (χ0v) is 13.9. The van der Waals surface area contributed by atoms with Crippen LogP contribution in [0.3, 0.4) is 0 Å². The zero-order chi connectivity index (χ0) is 16.2. The van der Waals surface area contributed by atoms with Gasteiger partial charge in [0.15, 0.2) is 0 Å². The highest BCUT2D eigenvalue weighted by atomic mass is 16.1. The summed E-state index contributed by atoms with van der Waals surface area (Å²) in [5.74, 6) is -0.0386. The lowest BCUT2D eigenvalue weighted by Gasteiger charge is -2.13. The lowest BCUT2D eigenvalue weighted by molar-refractivity contribution is 0.0954. The van der Waals surface area contributed by atoms with Gasteiger partial charge in [-0.15, -0.1) is 0 Å². The van der Waals surface area contributed by atoms with Crippen LogP contribution in [0.25, 0.3) is 11.0 Å². The van der Waals surface area contributed by atoms with E-state index in [4.69, 9.17) is 0 Å². The minimum Gasteiger partial charge on any atom is -0.352 e. The highest BCUT2D eigenvalue weighted by molar-refractivity contribution is 5.97. The molecule has 0 saturated carbocycles. The second kappa shape index (κ2) is 6.90. The quantitative estimate of drug-likeness (QED) is 0.872. The van der Waals surface area contributed by atoms with E-state index in [2.05, 4.69) is 21.4 Å². The fourth-order valence-electron chi connectivity index (χ4n) is 2.94. The first-order valence-corrected chi connectivity index (χ1v) is 8.34. The van der Waals surface area contributed by atoms with Gasteiger partial charge in [0, 0.05) is 12.1 Å². The van der Waals surface area contributed by atoms with Gasteiger partial charge in [-0.3, -0.25) is 4.79 Å². The lowest BCUT2D eigenvalue weighted by atomic mass is 9.97. The van der Waals surface area contributed by atoms with E-state index >= 15 is 0 Å². The molecule has 4 heteroatoms. The Morgan fingerprint density at radius 1 is 1.13 bits per heavy atom. The van der Waals surface area contributed by atoms with Crippen molar-refractivity contribution >= 4 is 16.9 Å². The second-order valence-electron chi connectivity index (χ2n) is 6.21. The number of hydrogen-bond donors (Lipinski definition) is 1. The molecule has 0 fully saturated rings. The fourth-order valence-corrected chi connectivity index (χ4v) is 2.94. The number of allylic oxidation sites excluding steroid dienone is 1. The van der Waals surface area contributed by atoms with Gasteiger partial charge in [0.1, 0.15) is 0 Å². The van der Waals surface area contributed by atoms with Crippen LogP contribution in [0.1, 0.15) is 53.8 Å². The molecule has 1 amide bonds. The summed E-state index contributed by atoms with van der Waals surface area (Å²) in [4.78, 5) is 21.3. The molecule has 0 saturated heterocycles. The molecule has 1 aliphatic rings. The summed E-state index contributed by atoms with van der Waals surface area (Å²) in [6.07, 6.45) is 8.23. The van der Waals surface area contributed by atoms with Crippen molar-refractivity contribution in [3.8, 4) is 0 Å². The summed E-state index contributed by atoms with van der Waals surface area (Å²) in [6.45, 7) is 4.58. The number of aromatic nitrogens is 2. The van der Waals surface area contributed by atoms with Crippen LogP contribution in [0.15, 0.2) is 29.8 Å². The molecule has 2 aromatic rings. The maximum Gasteiger partial charge on any atom is 0.251 e. The number of hydrogen-bond acceptors (Lipinski definition) is 3. The van der Waals surface area contributed by atoms with Gasteiger partial charge < -0.3 is 5.32 Å². The van der Waals surface area contributed by atoms with Crippen LogP contribution in [-0.4, -0.2) is 22.4 Å². The first-order valence-electron chi connectivity index (χ1n) is 8.34. The number of aryl methyl sites for hydroxylation is 2. The molecule has 1 aliphatic carbocycles. The Hall–Kier alpha value is -2.23. The summed E-state index contributed by atoms with van der Waals surface area (Å²) in [5, 5.41) is 3.01. The summed E-state index contributed by atoms with van der Waals surface area (Å²) < 4.78 is 0. The van der Waals surface area contributed by atoms with Crippen molar-refractivity contribution in [1.29, 1.82) is 0 Å². The Bertz CT molecular complexity index is 765. The molecule has 0 bridgehead atoms. The zero-order valence-electron chi connectivity index (χ0n) is 13.9. The summed E-state index contributed by atoms with van der Waals surface area (Å²) >= 11 is 0. The Labute approximate surface area is 137 Å². The summed E-state index contributed by atoms with van der Waals surface area (Å²) in [7, 11) is 0.